The van der Waals surface area contributed by atoms with Gasteiger partial charge in [0.1, 0.15) is 6.54 Å². The zero-order valence-electron chi connectivity index (χ0n) is 10.3. The van der Waals surface area contributed by atoms with Gasteiger partial charge in [-0.2, -0.15) is 0 Å². The molecule has 0 N–H and O–H groups in total. The third-order valence-corrected chi connectivity index (χ3v) is 3.41. The molecule has 8 heteroatoms. The molecule has 2 heterocycles. The minimum atomic E-state index is -0.550. The lowest BCUT2D eigenvalue weighted by Gasteiger charge is -2.26. The second kappa shape index (κ2) is 5.70. The molecule has 1 aromatic heterocycles. The minimum absolute atomic E-state index is 0.159. The third-order valence-electron chi connectivity index (χ3n) is 2.87. The van der Waals surface area contributed by atoms with Gasteiger partial charge in [0.2, 0.25) is 0 Å². The van der Waals surface area contributed by atoms with Gasteiger partial charge in [0.25, 0.3) is 5.56 Å². The highest BCUT2D eigenvalue weighted by molar-refractivity contribution is 9.10. The van der Waals surface area contributed by atoms with Crippen LogP contribution >= 0.6 is 15.9 Å². The van der Waals surface area contributed by atoms with Crippen LogP contribution in [0.3, 0.4) is 0 Å². The summed E-state index contributed by atoms with van der Waals surface area (Å²) in [4.78, 5) is 35.3. The average Bonchev–Trinajstić information content (AvgIpc) is 2.33. The number of esters is 1. The van der Waals surface area contributed by atoms with Crippen molar-refractivity contribution in [2.24, 2.45) is 5.92 Å². The average molecular weight is 333 g/mol. The molecule has 2 rings (SSSR count). The number of methoxy groups -OCH3 is 1. The summed E-state index contributed by atoms with van der Waals surface area (Å²) in [7, 11) is 1.24. The smallest absolute Gasteiger partial charge is 0.331 e. The fourth-order valence-corrected chi connectivity index (χ4v) is 2.21. The van der Waals surface area contributed by atoms with Crippen molar-refractivity contribution in [2.75, 3.05) is 20.3 Å². The van der Waals surface area contributed by atoms with Gasteiger partial charge in [0.05, 0.1) is 24.8 Å². The van der Waals surface area contributed by atoms with E-state index >= 15 is 0 Å². The SMILES string of the molecule is COC(=O)Cn1cc(Br)c(=O)n(CC2COC2)c1=O. The number of aromatic nitrogens is 2. The lowest BCUT2D eigenvalue weighted by Crippen LogP contribution is -2.45. The Hall–Kier alpha value is -1.41. The fraction of sp³-hybridized carbons (Fsp3) is 0.545. The Morgan fingerprint density at radius 3 is 2.74 bits per heavy atom. The Kier molecular flexibility index (Phi) is 4.20. The summed E-state index contributed by atoms with van der Waals surface area (Å²) < 4.78 is 12.0. The van der Waals surface area contributed by atoms with Crippen LogP contribution in [0.4, 0.5) is 0 Å². The monoisotopic (exact) mass is 332 g/mol. The van der Waals surface area contributed by atoms with Crippen LogP contribution in [-0.4, -0.2) is 35.4 Å². The van der Waals surface area contributed by atoms with Crippen LogP contribution in [0.15, 0.2) is 20.3 Å². The van der Waals surface area contributed by atoms with Crippen LogP contribution in [0.2, 0.25) is 0 Å². The highest BCUT2D eigenvalue weighted by Crippen LogP contribution is 2.11. The van der Waals surface area contributed by atoms with Crippen molar-refractivity contribution >= 4 is 21.9 Å². The number of carbonyl (C=O) groups excluding carboxylic acids is 1. The standard InChI is InChI=1S/C11H13BrN2O5/c1-18-9(15)4-13-3-8(12)10(16)14(11(13)17)2-7-5-19-6-7/h3,7H,2,4-6H2,1H3. The molecular formula is C11H13BrN2O5. The summed E-state index contributed by atoms with van der Waals surface area (Å²) in [6, 6.07) is 0. The summed E-state index contributed by atoms with van der Waals surface area (Å²) in [5, 5.41) is 0. The molecule has 19 heavy (non-hydrogen) atoms. The van der Waals surface area contributed by atoms with E-state index in [1.54, 1.807) is 0 Å². The highest BCUT2D eigenvalue weighted by atomic mass is 79.9. The number of hydrogen-bond donors (Lipinski definition) is 0. The molecular weight excluding hydrogens is 320 g/mol. The molecule has 0 spiro atoms. The number of hydrogen-bond acceptors (Lipinski definition) is 5. The second-order valence-electron chi connectivity index (χ2n) is 4.28. The molecule has 0 bridgehead atoms. The number of ether oxygens (including phenoxy) is 2. The lowest BCUT2D eigenvalue weighted by molar-refractivity contribution is -0.141. The number of carbonyl (C=O) groups is 1. The highest BCUT2D eigenvalue weighted by Gasteiger charge is 2.22. The largest absolute Gasteiger partial charge is 0.468 e. The first-order valence-corrected chi connectivity index (χ1v) is 6.46. The molecule has 0 aromatic carbocycles. The van der Waals surface area contributed by atoms with E-state index in [1.165, 1.54) is 13.3 Å². The summed E-state index contributed by atoms with van der Waals surface area (Å²) >= 11 is 3.10. The third kappa shape index (κ3) is 2.95. The second-order valence-corrected chi connectivity index (χ2v) is 5.14. The summed E-state index contributed by atoms with van der Waals surface area (Å²) in [6.45, 7) is 1.14. The van der Waals surface area contributed by atoms with E-state index in [1.807, 2.05) is 0 Å². The molecule has 1 fully saturated rings. The van der Waals surface area contributed by atoms with E-state index in [9.17, 15) is 14.4 Å². The van der Waals surface area contributed by atoms with Gasteiger partial charge >= 0.3 is 11.7 Å². The molecule has 1 aromatic rings. The molecule has 0 radical (unpaired) electrons. The molecule has 0 amide bonds. The van der Waals surface area contributed by atoms with E-state index in [0.717, 1.165) is 9.13 Å². The zero-order chi connectivity index (χ0) is 14.0. The maximum absolute atomic E-state index is 12.1. The van der Waals surface area contributed by atoms with E-state index in [2.05, 4.69) is 20.7 Å². The quantitative estimate of drug-likeness (QED) is 0.700. The Labute approximate surface area is 116 Å². The Morgan fingerprint density at radius 2 is 2.21 bits per heavy atom. The zero-order valence-corrected chi connectivity index (χ0v) is 11.9. The van der Waals surface area contributed by atoms with E-state index in [4.69, 9.17) is 4.74 Å². The van der Waals surface area contributed by atoms with Gasteiger partial charge in [-0.1, -0.05) is 0 Å². The molecule has 1 aliphatic rings. The van der Waals surface area contributed by atoms with Crippen LogP contribution in [0.5, 0.6) is 0 Å². The maximum atomic E-state index is 12.1. The van der Waals surface area contributed by atoms with Crippen molar-refractivity contribution in [1.29, 1.82) is 0 Å². The fourth-order valence-electron chi connectivity index (χ4n) is 1.74. The topological polar surface area (TPSA) is 79.5 Å². The van der Waals surface area contributed by atoms with Gasteiger partial charge in [-0.05, 0) is 15.9 Å². The Morgan fingerprint density at radius 1 is 1.53 bits per heavy atom. The summed E-state index contributed by atoms with van der Waals surface area (Å²) in [5.41, 5.74) is -0.927. The molecule has 0 saturated carbocycles. The Bertz CT molecular complexity index is 602. The molecule has 1 saturated heterocycles. The Balaban J connectivity index is 2.37. The first-order chi connectivity index (χ1) is 9.02. The first kappa shape index (κ1) is 14.0. The van der Waals surface area contributed by atoms with Crippen molar-refractivity contribution in [1.82, 2.24) is 9.13 Å². The molecule has 0 unspecified atom stereocenters. The molecule has 7 nitrogen and oxygen atoms in total. The van der Waals surface area contributed by atoms with E-state index < -0.39 is 17.2 Å². The van der Waals surface area contributed by atoms with Crippen LogP contribution in [0.25, 0.3) is 0 Å². The van der Waals surface area contributed by atoms with Crippen molar-refractivity contribution < 1.29 is 14.3 Å². The van der Waals surface area contributed by atoms with Gasteiger partial charge in [-0.3, -0.25) is 18.7 Å². The van der Waals surface area contributed by atoms with Crippen molar-refractivity contribution in [3.05, 3.63) is 31.5 Å². The predicted molar refractivity (Wildman–Crippen MR) is 69.0 cm³/mol. The van der Waals surface area contributed by atoms with Gasteiger partial charge in [-0.15, -0.1) is 0 Å². The van der Waals surface area contributed by atoms with E-state index in [0.29, 0.717) is 13.2 Å². The molecule has 1 aliphatic heterocycles. The number of halogens is 1. The van der Waals surface area contributed by atoms with Crippen LogP contribution in [-0.2, 0) is 27.4 Å². The predicted octanol–water partition coefficient (Wildman–Crippen LogP) is -0.408. The van der Waals surface area contributed by atoms with Gasteiger partial charge in [0.15, 0.2) is 0 Å². The number of nitrogens with zero attached hydrogens (tertiary/aromatic N) is 2. The van der Waals surface area contributed by atoms with Crippen LogP contribution < -0.4 is 11.2 Å². The molecule has 0 aliphatic carbocycles. The molecule has 104 valence electrons. The lowest BCUT2D eigenvalue weighted by atomic mass is 10.1. The van der Waals surface area contributed by atoms with Crippen molar-refractivity contribution in [3.8, 4) is 0 Å². The first-order valence-electron chi connectivity index (χ1n) is 5.67. The summed E-state index contributed by atoms with van der Waals surface area (Å²) in [6.07, 6.45) is 1.30. The van der Waals surface area contributed by atoms with Crippen LogP contribution in [0.1, 0.15) is 0 Å². The van der Waals surface area contributed by atoms with Gasteiger partial charge in [-0.25, -0.2) is 4.79 Å². The van der Waals surface area contributed by atoms with Crippen molar-refractivity contribution in [2.45, 2.75) is 13.1 Å². The van der Waals surface area contributed by atoms with Gasteiger partial charge < -0.3 is 9.47 Å². The normalized spacial score (nSPS) is 15.1. The van der Waals surface area contributed by atoms with Crippen molar-refractivity contribution in [3.63, 3.8) is 0 Å². The molecule has 0 atom stereocenters. The maximum Gasteiger partial charge on any atom is 0.331 e. The summed E-state index contributed by atoms with van der Waals surface area (Å²) in [5.74, 6) is -0.391. The van der Waals surface area contributed by atoms with Crippen LogP contribution in [0, 0.1) is 5.92 Å². The van der Waals surface area contributed by atoms with Gasteiger partial charge in [0, 0.05) is 18.7 Å². The minimum Gasteiger partial charge on any atom is -0.468 e. The van der Waals surface area contributed by atoms with E-state index in [-0.39, 0.29) is 23.5 Å². The number of rotatable bonds is 4.